The van der Waals surface area contributed by atoms with Crippen molar-refractivity contribution in [2.24, 2.45) is 0 Å². The molecule has 0 spiro atoms. The number of nitrogens with zero attached hydrogens (tertiary/aromatic N) is 5. The molecule has 7 heteroatoms. The highest BCUT2D eigenvalue weighted by Crippen LogP contribution is 2.31. The van der Waals surface area contributed by atoms with E-state index in [1.165, 1.54) is 24.3 Å². The zero-order valence-electron chi connectivity index (χ0n) is 13.8. The maximum absolute atomic E-state index is 9.27. The van der Waals surface area contributed by atoms with Gasteiger partial charge >= 0.3 is 0 Å². The van der Waals surface area contributed by atoms with Crippen LogP contribution in [0.25, 0.3) is 0 Å². The number of pyridine rings is 1. The summed E-state index contributed by atoms with van der Waals surface area (Å²) in [4.78, 5) is 14.3. The molecule has 1 aliphatic heterocycles. The number of aromatic nitrogens is 3. The second-order valence-corrected chi connectivity index (χ2v) is 5.95. The number of fused-ring (bicyclic) bond motifs is 1. The van der Waals surface area contributed by atoms with E-state index >= 15 is 0 Å². The van der Waals surface area contributed by atoms with E-state index in [1.54, 1.807) is 12.1 Å². The van der Waals surface area contributed by atoms with Crippen molar-refractivity contribution in [3.05, 3.63) is 71.4 Å². The summed E-state index contributed by atoms with van der Waals surface area (Å²) in [5.41, 5.74) is 3.53. The second-order valence-electron chi connectivity index (χ2n) is 5.95. The molecule has 0 fully saturated rings. The Morgan fingerprint density at radius 1 is 1.12 bits per heavy atom. The molecule has 1 N–H and O–H groups in total. The van der Waals surface area contributed by atoms with Crippen LogP contribution in [0.1, 0.15) is 22.4 Å². The highest BCUT2D eigenvalue weighted by atomic mass is 16.5. The number of hydrogen-bond donors (Lipinski definition) is 1. The summed E-state index contributed by atoms with van der Waals surface area (Å²) in [6.07, 6.45) is 4.39. The summed E-state index contributed by atoms with van der Waals surface area (Å²) in [5, 5.41) is 18.5. The highest BCUT2D eigenvalue weighted by molar-refractivity contribution is 5.56. The molecule has 0 saturated heterocycles. The van der Waals surface area contributed by atoms with Crippen LogP contribution in [-0.4, -0.2) is 20.1 Å². The summed E-state index contributed by atoms with van der Waals surface area (Å²) in [6, 6.07) is 11.4. The van der Waals surface area contributed by atoms with Crippen LogP contribution in [0.15, 0.2) is 49.1 Å². The van der Waals surface area contributed by atoms with Crippen LogP contribution < -0.4 is 9.64 Å². The molecule has 0 radical (unpaired) electrons. The van der Waals surface area contributed by atoms with Crippen molar-refractivity contribution < 1.29 is 9.84 Å². The quantitative estimate of drug-likeness (QED) is 0.776. The summed E-state index contributed by atoms with van der Waals surface area (Å²) in [5.74, 6) is 1.53. The van der Waals surface area contributed by atoms with Crippen LogP contribution >= 0.6 is 0 Å². The van der Waals surface area contributed by atoms with Crippen molar-refractivity contribution in [2.45, 2.75) is 19.7 Å². The third kappa shape index (κ3) is 3.13. The van der Waals surface area contributed by atoms with Crippen LogP contribution in [0.4, 0.5) is 5.82 Å². The molecular weight excluding hydrogens is 330 g/mol. The molecule has 0 atom stereocenters. The summed E-state index contributed by atoms with van der Waals surface area (Å²) in [6.45, 7) is 1.68. The van der Waals surface area contributed by atoms with Gasteiger partial charge in [-0.2, -0.15) is 5.26 Å². The molecule has 4 rings (SSSR count). The van der Waals surface area contributed by atoms with E-state index in [9.17, 15) is 10.4 Å². The van der Waals surface area contributed by atoms with E-state index in [2.05, 4.69) is 25.9 Å². The first kappa shape index (κ1) is 15.8. The molecule has 0 unspecified atom stereocenters. The van der Waals surface area contributed by atoms with Crippen LogP contribution in [0.2, 0.25) is 0 Å². The van der Waals surface area contributed by atoms with Crippen molar-refractivity contribution in [1.29, 1.82) is 5.26 Å². The molecule has 7 nitrogen and oxygen atoms in total. The monoisotopic (exact) mass is 345 g/mol. The van der Waals surface area contributed by atoms with Crippen molar-refractivity contribution in [3.8, 4) is 17.6 Å². The van der Waals surface area contributed by atoms with Gasteiger partial charge in [-0.25, -0.2) is 9.97 Å². The van der Waals surface area contributed by atoms with Crippen molar-refractivity contribution in [3.63, 3.8) is 0 Å². The van der Waals surface area contributed by atoms with Crippen molar-refractivity contribution >= 4 is 5.82 Å². The molecule has 0 saturated carbocycles. The predicted molar refractivity (Wildman–Crippen MR) is 93.3 cm³/mol. The molecule has 1 aliphatic rings. The fourth-order valence-electron chi connectivity index (χ4n) is 2.92. The van der Waals surface area contributed by atoms with Crippen LogP contribution in [0.5, 0.6) is 11.5 Å². The lowest BCUT2D eigenvalue weighted by atomic mass is 10.1. The average molecular weight is 345 g/mol. The van der Waals surface area contributed by atoms with Crippen LogP contribution in [-0.2, 0) is 19.7 Å². The molecule has 128 valence electrons. The number of hydrogen-bond acceptors (Lipinski definition) is 7. The fraction of sp³-hybridized carbons (Fsp3) is 0.158. The van der Waals surface area contributed by atoms with Gasteiger partial charge in [-0.05, 0) is 35.4 Å². The van der Waals surface area contributed by atoms with Gasteiger partial charge in [0.1, 0.15) is 36.1 Å². The Morgan fingerprint density at radius 3 is 2.81 bits per heavy atom. The molecule has 26 heavy (non-hydrogen) atoms. The van der Waals surface area contributed by atoms with E-state index in [-0.39, 0.29) is 5.75 Å². The average Bonchev–Trinajstić information content (AvgIpc) is 3.10. The minimum atomic E-state index is 0.132. The first-order chi connectivity index (χ1) is 12.7. The second kappa shape index (κ2) is 6.69. The maximum atomic E-state index is 9.27. The van der Waals surface area contributed by atoms with Gasteiger partial charge in [0.05, 0.1) is 18.1 Å². The topological polar surface area (TPSA) is 95.2 Å². The fourth-order valence-corrected chi connectivity index (χ4v) is 2.92. The molecule has 0 bridgehead atoms. The minimum Gasteiger partial charge on any atom is -0.506 e. The highest BCUT2D eigenvalue weighted by Gasteiger charge is 2.22. The SMILES string of the molecule is N#Cc1cncnc1N1Cc2ccc(OCc3ccc(O)cn3)cc2C1. The Balaban J connectivity index is 1.48. The van der Waals surface area contributed by atoms with E-state index in [1.807, 2.05) is 18.2 Å². The zero-order valence-corrected chi connectivity index (χ0v) is 13.8. The summed E-state index contributed by atoms with van der Waals surface area (Å²) >= 11 is 0. The lowest BCUT2D eigenvalue weighted by Gasteiger charge is -2.16. The lowest BCUT2D eigenvalue weighted by molar-refractivity contribution is 0.300. The van der Waals surface area contributed by atoms with E-state index in [0.29, 0.717) is 31.1 Å². The Morgan fingerprint density at radius 2 is 2.00 bits per heavy atom. The van der Waals surface area contributed by atoms with Crippen LogP contribution in [0, 0.1) is 11.3 Å². The number of aromatic hydroxyl groups is 1. The Kier molecular flexibility index (Phi) is 4.07. The van der Waals surface area contributed by atoms with Gasteiger partial charge in [-0.1, -0.05) is 6.07 Å². The smallest absolute Gasteiger partial charge is 0.150 e. The van der Waals surface area contributed by atoms with Gasteiger partial charge in [0.2, 0.25) is 0 Å². The van der Waals surface area contributed by atoms with Crippen molar-refractivity contribution in [2.75, 3.05) is 4.90 Å². The number of rotatable bonds is 4. The zero-order chi connectivity index (χ0) is 17.9. The molecule has 0 amide bonds. The third-order valence-electron chi connectivity index (χ3n) is 4.21. The lowest BCUT2D eigenvalue weighted by Crippen LogP contribution is -2.17. The number of nitriles is 1. The molecule has 2 aromatic heterocycles. The van der Waals surface area contributed by atoms with Gasteiger partial charge in [-0.3, -0.25) is 4.98 Å². The molecular formula is C19H15N5O2. The summed E-state index contributed by atoms with van der Waals surface area (Å²) < 4.78 is 5.80. The first-order valence-electron chi connectivity index (χ1n) is 8.06. The van der Waals surface area contributed by atoms with E-state index in [4.69, 9.17) is 4.74 Å². The number of anilines is 1. The van der Waals surface area contributed by atoms with E-state index in [0.717, 1.165) is 17.0 Å². The van der Waals surface area contributed by atoms with Gasteiger partial charge in [0, 0.05) is 13.1 Å². The van der Waals surface area contributed by atoms with Gasteiger partial charge in [0.25, 0.3) is 0 Å². The molecule has 1 aromatic carbocycles. The Labute approximate surface area is 150 Å². The van der Waals surface area contributed by atoms with Crippen molar-refractivity contribution in [1.82, 2.24) is 15.0 Å². The normalized spacial score (nSPS) is 12.5. The molecule has 0 aliphatic carbocycles. The standard InChI is InChI=1S/C19H15N5O2/c20-6-15-7-21-12-23-19(15)24-9-13-1-4-18(5-14(13)10-24)26-11-16-2-3-17(25)8-22-16/h1-5,7-8,12,25H,9-11H2. The molecule has 3 aromatic rings. The molecule has 3 heterocycles. The number of ether oxygens (including phenoxy) is 1. The van der Waals surface area contributed by atoms with E-state index < -0.39 is 0 Å². The first-order valence-corrected chi connectivity index (χ1v) is 8.06. The maximum Gasteiger partial charge on any atom is 0.150 e. The third-order valence-corrected chi connectivity index (χ3v) is 4.21. The van der Waals surface area contributed by atoms with Gasteiger partial charge in [0.15, 0.2) is 5.82 Å². The Hall–Kier alpha value is -3.66. The summed E-state index contributed by atoms with van der Waals surface area (Å²) in [7, 11) is 0. The minimum absolute atomic E-state index is 0.132. The predicted octanol–water partition coefficient (Wildman–Crippen LogP) is 2.55. The van der Waals surface area contributed by atoms with Crippen LogP contribution in [0.3, 0.4) is 0 Å². The van der Waals surface area contributed by atoms with Gasteiger partial charge < -0.3 is 14.7 Å². The largest absolute Gasteiger partial charge is 0.506 e. The van der Waals surface area contributed by atoms with Gasteiger partial charge in [-0.15, -0.1) is 0 Å². The number of benzene rings is 1. The Bertz CT molecular complexity index is 982.